The maximum atomic E-state index is 5.61. The highest BCUT2D eigenvalue weighted by atomic mass is 127. The zero-order valence-corrected chi connectivity index (χ0v) is 21.6. The molecule has 1 aromatic heterocycles. The van der Waals surface area contributed by atoms with E-state index in [4.69, 9.17) is 19.6 Å². The molecule has 8 heteroatoms. The molecule has 0 saturated carbocycles. The smallest absolute Gasteiger partial charge is 0.191 e. The van der Waals surface area contributed by atoms with Gasteiger partial charge in [-0.05, 0) is 39.3 Å². The van der Waals surface area contributed by atoms with Crippen molar-refractivity contribution < 1.29 is 9.47 Å². The lowest BCUT2D eigenvalue weighted by Gasteiger charge is -2.12. The van der Waals surface area contributed by atoms with Gasteiger partial charge in [0.25, 0.3) is 0 Å². The summed E-state index contributed by atoms with van der Waals surface area (Å²) in [6.45, 7) is 13.1. The van der Waals surface area contributed by atoms with Crippen molar-refractivity contribution in [2.24, 2.45) is 4.99 Å². The van der Waals surface area contributed by atoms with Crippen molar-refractivity contribution >= 4 is 29.9 Å². The van der Waals surface area contributed by atoms with Gasteiger partial charge in [0.2, 0.25) is 0 Å². The van der Waals surface area contributed by atoms with Crippen molar-refractivity contribution in [1.82, 2.24) is 20.4 Å². The van der Waals surface area contributed by atoms with Gasteiger partial charge in [0.1, 0.15) is 0 Å². The number of aromatic nitrogens is 2. The van der Waals surface area contributed by atoms with E-state index in [1.165, 1.54) is 0 Å². The summed E-state index contributed by atoms with van der Waals surface area (Å²) in [6.07, 6.45) is 2.26. The van der Waals surface area contributed by atoms with Gasteiger partial charge in [-0.1, -0.05) is 31.5 Å². The Morgan fingerprint density at radius 1 is 1.00 bits per heavy atom. The molecule has 0 unspecified atom stereocenters. The monoisotopic (exact) mass is 543 g/mol. The molecule has 1 heterocycles. The molecule has 2 N–H and O–H groups in total. The van der Waals surface area contributed by atoms with Crippen LogP contribution < -0.4 is 10.6 Å². The number of aryl methyl sites for hydroxylation is 1. The lowest BCUT2D eigenvalue weighted by Crippen LogP contribution is -2.39. The van der Waals surface area contributed by atoms with Gasteiger partial charge in [0, 0.05) is 31.0 Å². The van der Waals surface area contributed by atoms with E-state index in [1.54, 1.807) is 0 Å². The van der Waals surface area contributed by atoms with Crippen LogP contribution in [-0.4, -0.2) is 55.3 Å². The van der Waals surface area contributed by atoms with Crippen molar-refractivity contribution in [1.29, 1.82) is 0 Å². The second kappa shape index (κ2) is 16.0. The highest BCUT2D eigenvalue weighted by Crippen LogP contribution is 2.18. The topological polar surface area (TPSA) is 72.7 Å². The Morgan fingerprint density at radius 3 is 2.39 bits per heavy atom. The van der Waals surface area contributed by atoms with Crippen molar-refractivity contribution in [3.63, 3.8) is 0 Å². The van der Waals surface area contributed by atoms with E-state index in [-0.39, 0.29) is 24.0 Å². The number of aliphatic imine (C=N–C) groups is 1. The highest BCUT2D eigenvalue weighted by molar-refractivity contribution is 14.0. The predicted molar refractivity (Wildman–Crippen MR) is 138 cm³/mol. The van der Waals surface area contributed by atoms with Crippen LogP contribution in [0.3, 0.4) is 0 Å². The van der Waals surface area contributed by atoms with Gasteiger partial charge in [0.05, 0.1) is 37.7 Å². The summed E-state index contributed by atoms with van der Waals surface area (Å²) in [4.78, 5) is 4.74. The van der Waals surface area contributed by atoms with Gasteiger partial charge in [-0.3, -0.25) is 0 Å². The maximum Gasteiger partial charge on any atom is 0.191 e. The number of guanidine groups is 1. The van der Waals surface area contributed by atoms with E-state index in [2.05, 4.69) is 43.5 Å². The predicted octanol–water partition coefficient (Wildman–Crippen LogP) is 4.00. The first kappa shape index (κ1) is 27.4. The second-order valence-electron chi connectivity index (χ2n) is 7.10. The number of hydrogen-bond donors (Lipinski definition) is 2. The Morgan fingerprint density at radius 2 is 1.71 bits per heavy atom. The van der Waals surface area contributed by atoms with Gasteiger partial charge in [-0.25, -0.2) is 9.67 Å². The molecule has 1 aromatic carbocycles. The molecule has 0 aliphatic rings. The van der Waals surface area contributed by atoms with Gasteiger partial charge >= 0.3 is 0 Å². The van der Waals surface area contributed by atoms with E-state index in [9.17, 15) is 0 Å². The van der Waals surface area contributed by atoms with Crippen LogP contribution in [0.4, 0.5) is 0 Å². The number of ether oxygens (including phenoxy) is 2. The van der Waals surface area contributed by atoms with Crippen LogP contribution in [0.15, 0.2) is 35.3 Å². The molecule has 0 aliphatic heterocycles. The number of hydrogen-bond acceptors (Lipinski definition) is 4. The Bertz CT molecular complexity index is 765. The molecule has 0 amide bonds. The lowest BCUT2D eigenvalue weighted by atomic mass is 10.2. The van der Waals surface area contributed by atoms with Crippen LogP contribution in [0.5, 0.6) is 0 Å². The molecular weight excluding hydrogens is 505 g/mol. The molecule has 0 fully saturated rings. The molecule has 0 bridgehead atoms. The number of unbranched alkanes of at least 4 members (excludes halogenated alkanes) is 1. The fourth-order valence-corrected chi connectivity index (χ4v) is 3.03. The molecule has 0 spiro atoms. The van der Waals surface area contributed by atoms with Gasteiger partial charge in [-0.2, -0.15) is 5.10 Å². The molecule has 0 saturated heterocycles. The number of nitrogens with one attached hydrogen (secondary N) is 2. The van der Waals surface area contributed by atoms with Crippen molar-refractivity contribution in [2.75, 3.05) is 39.5 Å². The summed E-state index contributed by atoms with van der Waals surface area (Å²) in [5, 5.41) is 11.3. The minimum absolute atomic E-state index is 0. The standard InChI is InChI=1S/C23H37N5O2.HI/c1-5-7-14-29-16-17-30-15-13-25-23(24-6-2)26-18-22-19(3)27-28(20(22)4)21-11-9-8-10-12-21;/h8-12H,5-7,13-18H2,1-4H3,(H2,24,25,26);1H. The average molecular weight is 543 g/mol. The third-order valence-electron chi connectivity index (χ3n) is 4.73. The Labute approximate surface area is 204 Å². The van der Waals surface area contributed by atoms with Crippen LogP contribution in [0, 0.1) is 13.8 Å². The zero-order chi connectivity index (χ0) is 21.6. The third-order valence-corrected chi connectivity index (χ3v) is 4.73. The largest absolute Gasteiger partial charge is 0.379 e. The summed E-state index contributed by atoms with van der Waals surface area (Å²) in [5.74, 6) is 0.784. The van der Waals surface area contributed by atoms with Gasteiger partial charge in [-0.15, -0.1) is 24.0 Å². The number of para-hydroxylation sites is 1. The van der Waals surface area contributed by atoms with Crippen LogP contribution in [0.25, 0.3) is 5.69 Å². The summed E-state index contributed by atoms with van der Waals surface area (Å²) in [6, 6.07) is 10.2. The van der Waals surface area contributed by atoms with Crippen molar-refractivity contribution in [3.05, 3.63) is 47.3 Å². The van der Waals surface area contributed by atoms with Crippen LogP contribution in [-0.2, 0) is 16.0 Å². The summed E-state index contributed by atoms with van der Waals surface area (Å²) in [7, 11) is 0. The molecule has 0 radical (unpaired) electrons. The Hall–Kier alpha value is -1.65. The lowest BCUT2D eigenvalue weighted by molar-refractivity contribution is 0.0487. The first-order valence-electron chi connectivity index (χ1n) is 11.0. The number of rotatable bonds is 13. The fourth-order valence-electron chi connectivity index (χ4n) is 3.03. The number of nitrogens with zero attached hydrogens (tertiary/aromatic N) is 3. The number of halogens is 1. The number of benzene rings is 1. The molecule has 2 aromatic rings. The summed E-state index contributed by atoms with van der Waals surface area (Å²) >= 11 is 0. The van der Waals surface area contributed by atoms with Gasteiger partial charge < -0.3 is 20.1 Å². The van der Waals surface area contributed by atoms with Crippen LogP contribution >= 0.6 is 24.0 Å². The normalized spacial score (nSPS) is 11.3. The summed E-state index contributed by atoms with van der Waals surface area (Å²) < 4.78 is 13.1. The van der Waals surface area contributed by atoms with Crippen LogP contribution in [0.1, 0.15) is 43.6 Å². The SMILES string of the molecule is CCCCOCCOCCNC(=NCc1c(C)nn(-c2ccccc2)c1C)NCC.I. The van der Waals surface area contributed by atoms with Crippen molar-refractivity contribution in [2.45, 2.75) is 47.1 Å². The minimum Gasteiger partial charge on any atom is -0.379 e. The Balaban J connectivity index is 0.00000480. The van der Waals surface area contributed by atoms with E-state index in [1.807, 2.05) is 29.8 Å². The van der Waals surface area contributed by atoms with Crippen LogP contribution in [0.2, 0.25) is 0 Å². The minimum atomic E-state index is 0. The highest BCUT2D eigenvalue weighted by Gasteiger charge is 2.12. The molecular formula is C23H38IN5O2. The second-order valence-corrected chi connectivity index (χ2v) is 7.10. The fraction of sp³-hybridized carbons (Fsp3) is 0.565. The van der Waals surface area contributed by atoms with Gasteiger partial charge in [0.15, 0.2) is 5.96 Å². The first-order chi connectivity index (χ1) is 14.7. The molecule has 2 rings (SSSR count). The maximum absolute atomic E-state index is 5.61. The van der Waals surface area contributed by atoms with E-state index in [0.29, 0.717) is 32.9 Å². The van der Waals surface area contributed by atoms with E-state index in [0.717, 1.165) is 54.6 Å². The quantitative estimate of drug-likeness (QED) is 0.173. The molecule has 7 nitrogen and oxygen atoms in total. The summed E-state index contributed by atoms with van der Waals surface area (Å²) in [5.41, 5.74) is 4.33. The Kier molecular flexibility index (Phi) is 14.2. The van der Waals surface area contributed by atoms with Crippen molar-refractivity contribution in [3.8, 4) is 5.69 Å². The third kappa shape index (κ3) is 9.57. The van der Waals surface area contributed by atoms with E-state index >= 15 is 0 Å². The zero-order valence-electron chi connectivity index (χ0n) is 19.3. The molecule has 0 aliphatic carbocycles. The molecule has 174 valence electrons. The van der Waals surface area contributed by atoms with E-state index < -0.39 is 0 Å². The average Bonchev–Trinajstić information content (AvgIpc) is 3.04. The molecule has 31 heavy (non-hydrogen) atoms. The first-order valence-corrected chi connectivity index (χ1v) is 11.0. The molecule has 0 atom stereocenters.